The van der Waals surface area contributed by atoms with E-state index < -0.39 is 0 Å². The minimum absolute atomic E-state index is 0.0104. The van der Waals surface area contributed by atoms with E-state index in [1.807, 2.05) is 0 Å². The molecule has 2 rings (SSSR count). The standard InChI is InChI=1S/C11H19N3O3/c15-7-8-3-1-2-4-14(8)11(17)9-5-13-10(16)6-12-9/h8-9,12,15H,1-7H2,(H,13,16). The normalized spacial score (nSPS) is 29.9. The fourth-order valence-corrected chi connectivity index (χ4v) is 2.42. The van der Waals surface area contributed by atoms with Crippen molar-refractivity contribution in [3.05, 3.63) is 0 Å². The van der Waals surface area contributed by atoms with Crippen molar-refractivity contribution >= 4 is 11.8 Å². The highest BCUT2D eigenvalue weighted by molar-refractivity contribution is 5.87. The van der Waals surface area contributed by atoms with Crippen molar-refractivity contribution in [2.75, 3.05) is 26.2 Å². The molecule has 0 spiro atoms. The molecular formula is C11H19N3O3. The number of carbonyl (C=O) groups is 2. The molecule has 2 heterocycles. The third-order valence-corrected chi connectivity index (χ3v) is 3.43. The highest BCUT2D eigenvalue weighted by Crippen LogP contribution is 2.17. The number of piperidine rings is 1. The highest BCUT2D eigenvalue weighted by atomic mass is 16.3. The van der Waals surface area contributed by atoms with E-state index in [0.717, 1.165) is 19.3 Å². The van der Waals surface area contributed by atoms with Crippen molar-refractivity contribution in [1.82, 2.24) is 15.5 Å². The third-order valence-electron chi connectivity index (χ3n) is 3.43. The van der Waals surface area contributed by atoms with Crippen molar-refractivity contribution in [2.24, 2.45) is 0 Å². The molecule has 2 unspecified atom stereocenters. The summed E-state index contributed by atoms with van der Waals surface area (Å²) in [6.45, 7) is 1.25. The van der Waals surface area contributed by atoms with Crippen LogP contribution in [0.5, 0.6) is 0 Å². The first-order valence-electron chi connectivity index (χ1n) is 6.14. The Hall–Kier alpha value is -1.14. The second kappa shape index (κ2) is 5.46. The van der Waals surface area contributed by atoms with Crippen LogP contribution in [0.15, 0.2) is 0 Å². The van der Waals surface area contributed by atoms with E-state index in [1.165, 1.54) is 0 Å². The van der Waals surface area contributed by atoms with Crippen LogP contribution in [0.4, 0.5) is 0 Å². The van der Waals surface area contributed by atoms with Gasteiger partial charge in [-0.15, -0.1) is 0 Å². The molecule has 0 radical (unpaired) electrons. The van der Waals surface area contributed by atoms with Gasteiger partial charge in [0.2, 0.25) is 11.8 Å². The summed E-state index contributed by atoms with van der Waals surface area (Å²) in [5, 5.41) is 14.9. The maximum absolute atomic E-state index is 12.2. The van der Waals surface area contributed by atoms with Crippen molar-refractivity contribution in [2.45, 2.75) is 31.3 Å². The molecule has 2 atom stereocenters. The SMILES string of the molecule is O=C1CNC(C(=O)N2CCCCC2CO)CN1. The maximum atomic E-state index is 12.2. The number of likely N-dealkylation sites (tertiary alicyclic amines) is 1. The van der Waals surface area contributed by atoms with Gasteiger partial charge in [0.15, 0.2) is 0 Å². The number of rotatable bonds is 2. The molecule has 0 aliphatic carbocycles. The van der Waals surface area contributed by atoms with Gasteiger partial charge in [-0.05, 0) is 19.3 Å². The minimum atomic E-state index is -0.347. The zero-order valence-electron chi connectivity index (χ0n) is 9.82. The molecule has 2 saturated heterocycles. The van der Waals surface area contributed by atoms with Gasteiger partial charge in [0.05, 0.1) is 19.2 Å². The summed E-state index contributed by atoms with van der Waals surface area (Å²) < 4.78 is 0. The number of nitrogens with zero attached hydrogens (tertiary/aromatic N) is 1. The first-order valence-corrected chi connectivity index (χ1v) is 6.14. The third kappa shape index (κ3) is 2.76. The second-order valence-electron chi connectivity index (χ2n) is 4.60. The zero-order chi connectivity index (χ0) is 12.3. The first-order chi connectivity index (χ1) is 8.22. The predicted octanol–water partition coefficient (Wildman–Crippen LogP) is -1.55. The molecule has 2 fully saturated rings. The van der Waals surface area contributed by atoms with Crippen LogP contribution in [0.25, 0.3) is 0 Å². The van der Waals surface area contributed by atoms with Crippen molar-refractivity contribution in [3.63, 3.8) is 0 Å². The van der Waals surface area contributed by atoms with Gasteiger partial charge in [-0.1, -0.05) is 0 Å². The molecule has 0 bridgehead atoms. The van der Waals surface area contributed by atoms with Crippen LogP contribution in [-0.4, -0.2) is 60.1 Å². The summed E-state index contributed by atoms with van der Waals surface area (Å²) in [4.78, 5) is 25.0. The summed E-state index contributed by atoms with van der Waals surface area (Å²) in [6, 6.07) is -0.407. The Morgan fingerprint density at radius 3 is 2.94 bits per heavy atom. The number of piperazine rings is 1. The van der Waals surface area contributed by atoms with Crippen molar-refractivity contribution in [3.8, 4) is 0 Å². The lowest BCUT2D eigenvalue weighted by Gasteiger charge is -2.37. The fraction of sp³-hybridized carbons (Fsp3) is 0.818. The molecule has 17 heavy (non-hydrogen) atoms. The van der Waals surface area contributed by atoms with Gasteiger partial charge in [0.1, 0.15) is 6.04 Å². The summed E-state index contributed by atoms with van der Waals surface area (Å²) in [6.07, 6.45) is 2.91. The number of nitrogens with one attached hydrogen (secondary N) is 2. The molecule has 0 aromatic rings. The molecule has 0 aromatic heterocycles. The van der Waals surface area contributed by atoms with Gasteiger partial charge in [-0.25, -0.2) is 0 Å². The Balaban J connectivity index is 1.95. The summed E-state index contributed by atoms with van der Waals surface area (Å²) in [5.74, 6) is -0.0878. The van der Waals surface area contributed by atoms with Crippen LogP contribution in [0.2, 0.25) is 0 Å². The van der Waals surface area contributed by atoms with Crippen LogP contribution in [-0.2, 0) is 9.59 Å². The number of amides is 2. The average Bonchev–Trinajstić information content (AvgIpc) is 2.39. The minimum Gasteiger partial charge on any atom is -0.394 e. The van der Waals surface area contributed by atoms with Crippen LogP contribution in [0.1, 0.15) is 19.3 Å². The predicted molar refractivity (Wildman–Crippen MR) is 61.2 cm³/mol. The number of hydrogen-bond donors (Lipinski definition) is 3. The molecule has 0 aromatic carbocycles. The lowest BCUT2D eigenvalue weighted by Crippen LogP contribution is -2.61. The van der Waals surface area contributed by atoms with E-state index in [9.17, 15) is 14.7 Å². The number of aliphatic hydroxyl groups is 1. The van der Waals surface area contributed by atoms with E-state index in [4.69, 9.17) is 0 Å². The second-order valence-corrected chi connectivity index (χ2v) is 4.60. The Morgan fingerprint density at radius 1 is 1.47 bits per heavy atom. The Kier molecular flexibility index (Phi) is 3.96. The van der Waals surface area contributed by atoms with Crippen LogP contribution >= 0.6 is 0 Å². The van der Waals surface area contributed by atoms with Gasteiger partial charge in [0.25, 0.3) is 0 Å². The van der Waals surface area contributed by atoms with E-state index in [-0.39, 0.29) is 37.0 Å². The molecule has 2 aliphatic rings. The van der Waals surface area contributed by atoms with Crippen LogP contribution in [0.3, 0.4) is 0 Å². The molecule has 0 saturated carbocycles. The van der Waals surface area contributed by atoms with Gasteiger partial charge in [-0.2, -0.15) is 0 Å². The Morgan fingerprint density at radius 2 is 2.29 bits per heavy atom. The maximum Gasteiger partial charge on any atom is 0.241 e. The molecular weight excluding hydrogens is 222 g/mol. The van der Waals surface area contributed by atoms with E-state index in [2.05, 4.69) is 10.6 Å². The lowest BCUT2D eigenvalue weighted by molar-refractivity contribution is -0.139. The molecule has 2 aliphatic heterocycles. The largest absolute Gasteiger partial charge is 0.394 e. The number of hydrogen-bond acceptors (Lipinski definition) is 4. The van der Waals surface area contributed by atoms with Crippen molar-refractivity contribution in [1.29, 1.82) is 0 Å². The molecule has 6 nitrogen and oxygen atoms in total. The van der Waals surface area contributed by atoms with E-state index >= 15 is 0 Å². The van der Waals surface area contributed by atoms with Crippen molar-refractivity contribution < 1.29 is 14.7 Å². The van der Waals surface area contributed by atoms with Gasteiger partial charge >= 0.3 is 0 Å². The number of carbonyl (C=O) groups excluding carboxylic acids is 2. The fourth-order valence-electron chi connectivity index (χ4n) is 2.42. The molecule has 6 heteroatoms. The summed E-state index contributed by atoms with van der Waals surface area (Å²) in [7, 11) is 0. The molecule has 2 amide bonds. The highest BCUT2D eigenvalue weighted by Gasteiger charge is 2.32. The summed E-state index contributed by atoms with van der Waals surface area (Å²) >= 11 is 0. The summed E-state index contributed by atoms with van der Waals surface area (Å²) in [5.41, 5.74) is 0. The Bertz CT molecular complexity index is 298. The molecule has 3 N–H and O–H groups in total. The first kappa shape index (κ1) is 12.3. The molecule has 96 valence electrons. The van der Waals surface area contributed by atoms with Crippen LogP contribution in [0, 0.1) is 0 Å². The zero-order valence-corrected chi connectivity index (χ0v) is 9.82. The van der Waals surface area contributed by atoms with Gasteiger partial charge in [0, 0.05) is 13.1 Å². The lowest BCUT2D eigenvalue weighted by atomic mass is 10.0. The Labute approximate surface area is 100 Å². The number of aliphatic hydroxyl groups excluding tert-OH is 1. The van der Waals surface area contributed by atoms with Gasteiger partial charge in [-0.3, -0.25) is 14.9 Å². The van der Waals surface area contributed by atoms with E-state index in [1.54, 1.807) is 4.90 Å². The smallest absolute Gasteiger partial charge is 0.241 e. The topological polar surface area (TPSA) is 81.7 Å². The monoisotopic (exact) mass is 241 g/mol. The van der Waals surface area contributed by atoms with Crippen LogP contribution < -0.4 is 10.6 Å². The van der Waals surface area contributed by atoms with Gasteiger partial charge < -0.3 is 15.3 Å². The van der Waals surface area contributed by atoms with E-state index in [0.29, 0.717) is 13.1 Å². The average molecular weight is 241 g/mol. The quantitative estimate of drug-likeness (QED) is 0.546.